The molecule has 0 aliphatic carbocycles. The molecule has 2 rings (SSSR count). The van der Waals surface area contributed by atoms with E-state index >= 15 is 0 Å². The molecule has 1 aromatic carbocycles. The Morgan fingerprint density at radius 2 is 1.96 bits per heavy atom. The summed E-state index contributed by atoms with van der Waals surface area (Å²) in [6.45, 7) is 8.28. The number of aliphatic imine (C=N–C) groups is 1. The Bertz CT molecular complexity index is 697. The number of hydrogen-bond acceptors (Lipinski definition) is 3. The first-order valence-corrected chi connectivity index (χ1v) is 8.87. The van der Waals surface area contributed by atoms with Crippen LogP contribution in [0.5, 0.6) is 5.75 Å². The molecule has 0 atom stereocenters. The average Bonchev–Trinajstić information content (AvgIpc) is 3.13. The highest BCUT2D eigenvalue weighted by Crippen LogP contribution is 2.11. The summed E-state index contributed by atoms with van der Waals surface area (Å²) in [6.07, 6.45) is 3.40. The van der Waals surface area contributed by atoms with E-state index in [2.05, 4.69) is 28.9 Å². The van der Waals surface area contributed by atoms with E-state index < -0.39 is 0 Å². The number of hydrogen-bond donors (Lipinski definition) is 1. The molecule has 0 unspecified atom stereocenters. The molecule has 0 aliphatic rings. The van der Waals surface area contributed by atoms with E-state index in [0.29, 0.717) is 6.54 Å². The van der Waals surface area contributed by atoms with Crippen LogP contribution >= 0.6 is 24.0 Å². The smallest absolute Gasteiger partial charge is 0.193 e. The van der Waals surface area contributed by atoms with Gasteiger partial charge in [-0.05, 0) is 43.2 Å². The Morgan fingerprint density at radius 1 is 1.22 bits per heavy atom. The second-order valence-corrected chi connectivity index (χ2v) is 6.37. The highest BCUT2D eigenvalue weighted by molar-refractivity contribution is 14.0. The fraction of sp³-hybridized carbons (Fsp3) is 0.381. The van der Waals surface area contributed by atoms with Gasteiger partial charge in [-0.2, -0.15) is 0 Å². The van der Waals surface area contributed by atoms with Gasteiger partial charge >= 0.3 is 0 Å². The fourth-order valence-electron chi connectivity index (χ4n) is 2.63. The number of nitrogens with one attached hydrogen (secondary N) is 1. The van der Waals surface area contributed by atoms with Crippen molar-refractivity contribution in [1.29, 1.82) is 0 Å². The summed E-state index contributed by atoms with van der Waals surface area (Å²) < 4.78 is 10.6. The van der Waals surface area contributed by atoms with Crippen molar-refractivity contribution in [3.8, 4) is 5.75 Å². The van der Waals surface area contributed by atoms with E-state index in [1.165, 1.54) is 5.56 Å². The molecule has 1 heterocycles. The van der Waals surface area contributed by atoms with Crippen molar-refractivity contribution < 1.29 is 9.15 Å². The summed E-state index contributed by atoms with van der Waals surface area (Å²) in [5.74, 6) is 2.71. The van der Waals surface area contributed by atoms with Crippen molar-refractivity contribution in [3.63, 3.8) is 0 Å². The third-order valence-corrected chi connectivity index (χ3v) is 3.92. The standard InChI is InChI=1S/C21H29N3O2.HI/c1-17(2)16-24(3)21(23-14-12-20-6-5-15-26-20)22-13-11-18-7-9-19(25-4)10-8-18;/h5-10,15H,1,11-14,16H2,2-4H3,(H,22,23);1H. The summed E-state index contributed by atoms with van der Waals surface area (Å²) in [6, 6.07) is 12.0. The lowest BCUT2D eigenvalue weighted by atomic mass is 10.1. The molecule has 0 spiro atoms. The van der Waals surface area contributed by atoms with Gasteiger partial charge < -0.3 is 19.4 Å². The molecule has 0 amide bonds. The Hall–Kier alpha value is -1.96. The number of methoxy groups -OCH3 is 1. The monoisotopic (exact) mass is 483 g/mol. The van der Waals surface area contributed by atoms with Crippen molar-refractivity contribution in [3.05, 3.63) is 66.1 Å². The van der Waals surface area contributed by atoms with Crippen LogP contribution < -0.4 is 10.1 Å². The van der Waals surface area contributed by atoms with Crippen LogP contribution in [0, 0.1) is 0 Å². The highest BCUT2D eigenvalue weighted by atomic mass is 127. The molecular formula is C21H30IN3O2. The minimum absolute atomic E-state index is 0. The van der Waals surface area contributed by atoms with E-state index in [1.54, 1.807) is 13.4 Å². The predicted octanol–water partition coefficient (Wildman–Crippen LogP) is 4.14. The Labute approximate surface area is 179 Å². The van der Waals surface area contributed by atoms with Crippen molar-refractivity contribution in [1.82, 2.24) is 10.2 Å². The molecule has 0 bridgehead atoms. The molecular weight excluding hydrogens is 453 g/mol. The van der Waals surface area contributed by atoms with E-state index in [-0.39, 0.29) is 24.0 Å². The number of likely N-dealkylation sites (N-methyl/N-ethyl adjacent to an activating group) is 1. The molecule has 27 heavy (non-hydrogen) atoms. The van der Waals surface area contributed by atoms with Gasteiger partial charge in [0, 0.05) is 33.1 Å². The van der Waals surface area contributed by atoms with Crippen LogP contribution in [0.4, 0.5) is 0 Å². The zero-order valence-electron chi connectivity index (χ0n) is 16.4. The van der Waals surface area contributed by atoms with Gasteiger partial charge in [0.25, 0.3) is 0 Å². The van der Waals surface area contributed by atoms with Crippen LogP contribution in [-0.4, -0.2) is 44.7 Å². The zero-order valence-corrected chi connectivity index (χ0v) is 18.7. The first-order chi connectivity index (χ1) is 12.6. The van der Waals surface area contributed by atoms with Crippen LogP contribution in [0.1, 0.15) is 18.2 Å². The summed E-state index contributed by atoms with van der Waals surface area (Å²) in [7, 11) is 3.71. The van der Waals surface area contributed by atoms with E-state index in [0.717, 1.165) is 49.0 Å². The lowest BCUT2D eigenvalue weighted by molar-refractivity contribution is 0.414. The van der Waals surface area contributed by atoms with Crippen molar-refractivity contribution in [2.24, 2.45) is 4.99 Å². The molecule has 0 fully saturated rings. The van der Waals surface area contributed by atoms with Crippen LogP contribution in [0.25, 0.3) is 0 Å². The van der Waals surface area contributed by atoms with Gasteiger partial charge in [0.1, 0.15) is 11.5 Å². The molecule has 148 valence electrons. The molecule has 6 heteroatoms. The van der Waals surface area contributed by atoms with Gasteiger partial charge in [0.15, 0.2) is 5.96 Å². The zero-order chi connectivity index (χ0) is 18.8. The van der Waals surface area contributed by atoms with E-state index in [9.17, 15) is 0 Å². The quantitative estimate of drug-likeness (QED) is 0.252. The Kier molecular flexibility index (Phi) is 10.6. The van der Waals surface area contributed by atoms with E-state index in [4.69, 9.17) is 14.1 Å². The molecule has 0 aliphatic heterocycles. The van der Waals surface area contributed by atoms with Crippen LogP contribution in [0.2, 0.25) is 0 Å². The van der Waals surface area contributed by atoms with Crippen LogP contribution in [0.15, 0.2) is 64.2 Å². The van der Waals surface area contributed by atoms with Gasteiger partial charge in [-0.3, -0.25) is 4.99 Å². The van der Waals surface area contributed by atoms with Gasteiger partial charge in [0.2, 0.25) is 0 Å². The maximum Gasteiger partial charge on any atom is 0.193 e. The normalized spacial score (nSPS) is 10.9. The third-order valence-electron chi connectivity index (χ3n) is 3.92. The highest BCUT2D eigenvalue weighted by Gasteiger charge is 2.07. The molecule has 0 saturated heterocycles. The Balaban J connectivity index is 0.00000364. The van der Waals surface area contributed by atoms with Crippen LogP contribution in [-0.2, 0) is 12.8 Å². The largest absolute Gasteiger partial charge is 0.497 e. The first-order valence-electron chi connectivity index (χ1n) is 8.87. The van der Waals surface area contributed by atoms with Crippen molar-refractivity contribution in [2.45, 2.75) is 19.8 Å². The van der Waals surface area contributed by atoms with Gasteiger partial charge in [-0.1, -0.05) is 24.3 Å². The summed E-state index contributed by atoms with van der Waals surface area (Å²) in [5, 5.41) is 3.46. The molecule has 5 nitrogen and oxygen atoms in total. The SMILES string of the molecule is C=C(C)CN(C)C(=NCCc1ccco1)NCCc1ccc(OC)cc1.I. The number of furan rings is 1. The lowest BCUT2D eigenvalue weighted by Crippen LogP contribution is -2.40. The number of halogens is 1. The molecule has 1 N–H and O–H groups in total. The average molecular weight is 483 g/mol. The summed E-state index contributed by atoms with van der Waals surface area (Å²) in [4.78, 5) is 6.82. The number of rotatable bonds is 9. The minimum atomic E-state index is 0. The van der Waals surface area contributed by atoms with Gasteiger partial charge in [0.05, 0.1) is 13.4 Å². The maximum absolute atomic E-state index is 5.37. The number of ether oxygens (including phenoxy) is 1. The van der Waals surface area contributed by atoms with Crippen molar-refractivity contribution >= 4 is 29.9 Å². The summed E-state index contributed by atoms with van der Waals surface area (Å²) >= 11 is 0. The predicted molar refractivity (Wildman–Crippen MR) is 122 cm³/mol. The minimum Gasteiger partial charge on any atom is -0.497 e. The number of nitrogens with zero attached hydrogens (tertiary/aromatic N) is 2. The topological polar surface area (TPSA) is 50.0 Å². The van der Waals surface area contributed by atoms with Crippen LogP contribution in [0.3, 0.4) is 0 Å². The molecule has 1 aromatic heterocycles. The fourth-order valence-corrected chi connectivity index (χ4v) is 2.63. The molecule has 0 saturated carbocycles. The van der Waals surface area contributed by atoms with E-state index in [1.807, 2.05) is 38.2 Å². The maximum atomic E-state index is 5.37. The van der Waals surface area contributed by atoms with Gasteiger partial charge in [-0.15, -0.1) is 24.0 Å². The second kappa shape index (κ2) is 12.4. The second-order valence-electron chi connectivity index (χ2n) is 6.37. The third kappa shape index (κ3) is 8.51. The first kappa shape index (κ1) is 23.1. The molecule has 0 radical (unpaired) electrons. The number of benzene rings is 1. The lowest BCUT2D eigenvalue weighted by Gasteiger charge is -2.22. The summed E-state index contributed by atoms with van der Waals surface area (Å²) in [5.41, 5.74) is 2.36. The van der Waals surface area contributed by atoms with Gasteiger partial charge in [-0.25, -0.2) is 0 Å². The number of guanidine groups is 1. The van der Waals surface area contributed by atoms with Crippen molar-refractivity contribution in [2.75, 3.05) is 33.8 Å². The molecule has 2 aromatic rings. The Morgan fingerprint density at radius 3 is 2.56 bits per heavy atom.